The van der Waals surface area contributed by atoms with Crippen LogP contribution in [-0.2, 0) is 4.74 Å². The number of hydrogen-bond acceptors (Lipinski definition) is 3. The maximum Gasteiger partial charge on any atom is 0.185 e. The summed E-state index contributed by atoms with van der Waals surface area (Å²) in [7, 11) is 0. The summed E-state index contributed by atoms with van der Waals surface area (Å²) in [5.41, 5.74) is 5.41. The Morgan fingerprint density at radius 2 is 2.07 bits per heavy atom. The van der Waals surface area contributed by atoms with Crippen molar-refractivity contribution in [3.05, 3.63) is 35.6 Å². The molecule has 15 heavy (non-hydrogen) atoms. The van der Waals surface area contributed by atoms with Crippen LogP contribution in [0, 0.1) is 5.82 Å². The van der Waals surface area contributed by atoms with Gasteiger partial charge in [0, 0.05) is 12.2 Å². The lowest BCUT2D eigenvalue weighted by atomic mass is 9.90. The summed E-state index contributed by atoms with van der Waals surface area (Å²) in [5.74, 6) is -0.541. The summed E-state index contributed by atoms with van der Waals surface area (Å²) in [6.45, 7) is 0.743. The Hall–Kier alpha value is -1.26. The van der Waals surface area contributed by atoms with Crippen LogP contribution in [0.5, 0.6) is 0 Å². The van der Waals surface area contributed by atoms with Gasteiger partial charge in [0.2, 0.25) is 0 Å². The van der Waals surface area contributed by atoms with Crippen LogP contribution in [0.1, 0.15) is 16.8 Å². The van der Waals surface area contributed by atoms with Gasteiger partial charge in [0.05, 0.1) is 6.61 Å². The van der Waals surface area contributed by atoms with Crippen molar-refractivity contribution in [2.45, 2.75) is 12.0 Å². The Bertz CT molecular complexity index is 369. The van der Waals surface area contributed by atoms with E-state index in [1.165, 1.54) is 24.3 Å². The number of carbonyl (C=O) groups is 1. The summed E-state index contributed by atoms with van der Waals surface area (Å²) >= 11 is 0. The minimum atomic E-state index is -0.933. The zero-order chi connectivity index (χ0) is 10.9. The van der Waals surface area contributed by atoms with Crippen molar-refractivity contribution in [2.24, 2.45) is 5.73 Å². The third-order valence-electron chi connectivity index (χ3n) is 2.61. The van der Waals surface area contributed by atoms with Gasteiger partial charge in [0.25, 0.3) is 0 Å². The van der Waals surface area contributed by atoms with E-state index >= 15 is 0 Å². The lowest BCUT2D eigenvalue weighted by Crippen LogP contribution is -2.48. The molecule has 0 spiro atoms. The number of rotatable bonds is 2. The fourth-order valence-corrected chi connectivity index (χ4v) is 1.65. The second kappa shape index (κ2) is 3.72. The molecule has 3 nitrogen and oxygen atoms in total. The molecule has 4 heteroatoms. The molecule has 0 amide bonds. The van der Waals surface area contributed by atoms with Crippen LogP contribution in [0.2, 0.25) is 0 Å². The minimum absolute atomic E-state index is 0.181. The normalized spacial score (nSPS) is 25.5. The quantitative estimate of drug-likeness (QED) is 0.743. The first kappa shape index (κ1) is 10.3. The molecule has 1 aliphatic heterocycles. The predicted octanol–water partition coefficient (Wildman–Crippen LogP) is 1.13. The monoisotopic (exact) mass is 209 g/mol. The van der Waals surface area contributed by atoms with Crippen molar-refractivity contribution in [3.8, 4) is 0 Å². The van der Waals surface area contributed by atoms with Crippen molar-refractivity contribution in [1.29, 1.82) is 0 Å². The molecule has 1 aromatic carbocycles. The molecule has 0 saturated carbocycles. The topological polar surface area (TPSA) is 52.3 Å². The first-order chi connectivity index (χ1) is 7.12. The molecule has 0 radical (unpaired) electrons. The molecule has 1 heterocycles. The van der Waals surface area contributed by atoms with Crippen molar-refractivity contribution in [1.82, 2.24) is 0 Å². The van der Waals surface area contributed by atoms with Crippen molar-refractivity contribution < 1.29 is 13.9 Å². The summed E-state index contributed by atoms with van der Waals surface area (Å²) in [6.07, 6.45) is 0.517. The summed E-state index contributed by atoms with van der Waals surface area (Å²) in [5, 5.41) is 0. The van der Waals surface area contributed by atoms with Crippen LogP contribution in [-0.4, -0.2) is 24.5 Å². The summed E-state index contributed by atoms with van der Waals surface area (Å²) in [6, 6.07) is 5.41. The van der Waals surface area contributed by atoms with E-state index in [9.17, 15) is 9.18 Å². The number of hydrogen-bond donors (Lipinski definition) is 1. The van der Waals surface area contributed by atoms with Crippen LogP contribution in [0.25, 0.3) is 0 Å². The smallest absolute Gasteiger partial charge is 0.185 e. The van der Waals surface area contributed by atoms with Gasteiger partial charge in [-0.25, -0.2) is 4.39 Å². The van der Waals surface area contributed by atoms with Gasteiger partial charge in [-0.2, -0.15) is 0 Å². The molecule has 1 saturated heterocycles. The number of ketones is 1. The average molecular weight is 209 g/mol. The summed E-state index contributed by atoms with van der Waals surface area (Å²) in [4.78, 5) is 12.0. The van der Waals surface area contributed by atoms with Crippen molar-refractivity contribution >= 4 is 5.78 Å². The number of benzene rings is 1. The number of carbonyl (C=O) groups excluding carboxylic acids is 1. The number of Topliss-reactive ketones (excluding diaryl/α,β-unsaturated/α-hetero) is 1. The molecule has 1 aromatic rings. The maximum atomic E-state index is 12.7. The van der Waals surface area contributed by atoms with Gasteiger partial charge in [-0.15, -0.1) is 0 Å². The largest absolute Gasteiger partial charge is 0.379 e. The first-order valence-electron chi connectivity index (χ1n) is 4.79. The fourth-order valence-electron chi connectivity index (χ4n) is 1.65. The van der Waals surface area contributed by atoms with E-state index in [0.29, 0.717) is 18.6 Å². The first-order valence-corrected chi connectivity index (χ1v) is 4.79. The molecule has 2 rings (SSSR count). The Kier molecular flexibility index (Phi) is 2.54. The molecule has 1 fully saturated rings. The Morgan fingerprint density at radius 1 is 1.40 bits per heavy atom. The molecular formula is C11H12FNO2. The highest BCUT2D eigenvalue weighted by molar-refractivity contribution is 6.03. The van der Waals surface area contributed by atoms with E-state index in [0.717, 1.165) is 0 Å². The highest BCUT2D eigenvalue weighted by Gasteiger charge is 2.38. The van der Waals surface area contributed by atoms with Gasteiger partial charge >= 0.3 is 0 Å². The maximum absolute atomic E-state index is 12.7. The van der Waals surface area contributed by atoms with Gasteiger partial charge in [0.1, 0.15) is 11.4 Å². The van der Waals surface area contributed by atoms with Crippen LogP contribution < -0.4 is 5.73 Å². The number of nitrogens with two attached hydrogens (primary N) is 1. The highest BCUT2D eigenvalue weighted by atomic mass is 19.1. The molecule has 1 unspecified atom stereocenters. The lowest BCUT2D eigenvalue weighted by molar-refractivity contribution is 0.0863. The second-order valence-electron chi connectivity index (χ2n) is 3.79. The average Bonchev–Trinajstić information content (AvgIpc) is 2.67. The third-order valence-corrected chi connectivity index (χ3v) is 2.61. The number of halogens is 1. The van der Waals surface area contributed by atoms with Crippen LogP contribution in [0.15, 0.2) is 24.3 Å². The Labute approximate surface area is 87.0 Å². The van der Waals surface area contributed by atoms with Gasteiger partial charge < -0.3 is 10.5 Å². The van der Waals surface area contributed by atoms with Gasteiger partial charge in [-0.05, 0) is 30.7 Å². The molecule has 0 bridgehead atoms. The van der Waals surface area contributed by atoms with E-state index in [2.05, 4.69) is 0 Å². The highest BCUT2D eigenvalue weighted by Crippen LogP contribution is 2.21. The SMILES string of the molecule is NC1(C(=O)c2ccc(F)cc2)CCOC1. The van der Waals surface area contributed by atoms with E-state index < -0.39 is 5.54 Å². The molecule has 2 N–H and O–H groups in total. The standard InChI is InChI=1S/C11H12FNO2/c12-9-3-1-8(2-4-9)10(14)11(13)5-6-15-7-11/h1-4H,5-7,13H2. The zero-order valence-electron chi connectivity index (χ0n) is 8.20. The van der Waals surface area contributed by atoms with Crippen molar-refractivity contribution in [2.75, 3.05) is 13.2 Å². The van der Waals surface area contributed by atoms with E-state index in [4.69, 9.17) is 10.5 Å². The molecule has 0 aromatic heterocycles. The van der Waals surface area contributed by atoms with Gasteiger partial charge in [-0.3, -0.25) is 4.79 Å². The molecule has 1 atom stereocenters. The minimum Gasteiger partial charge on any atom is -0.379 e. The number of ether oxygens (including phenoxy) is 1. The van der Waals surface area contributed by atoms with Crippen LogP contribution in [0.4, 0.5) is 4.39 Å². The molecule has 1 aliphatic rings. The third kappa shape index (κ3) is 1.91. The summed E-state index contributed by atoms with van der Waals surface area (Å²) < 4.78 is 17.8. The second-order valence-corrected chi connectivity index (χ2v) is 3.79. The van der Waals surface area contributed by atoms with E-state index in [1.54, 1.807) is 0 Å². The van der Waals surface area contributed by atoms with Crippen LogP contribution in [0.3, 0.4) is 0 Å². The van der Waals surface area contributed by atoms with Crippen molar-refractivity contribution in [3.63, 3.8) is 0 Å². The van der Waals surface area contributed by atoms with Gasteiger partial charge in [0.15, 0.2) is 5.78 Å². The molecule has 80 valence electrons. The van der Waals surface area contributed by atoms with Crippen LogP contribution >= 0.6 is 0 Å². The molecule has 0 aliphatic carbocycles. The van der Waals surface area contributed by atoms with E-state index in [1.807, 2.05) is 0 Å². The Morgan fingerprint density at radius 3 is 2.60 bits per heavy atom. The van der Waals surface area contributed by atoms with E-state index in [-0.39, 0.29) is 18.2 Å². The Balaban J connectivity index is 2.24. The lowest BCUT2D eigenvalue weighted by Gasteiger charge is -2.19. The fraction of sp³-hybridized carbons (Fsp3) is 0.364. The predicted molar refractivity (Wildman–Crippen MR) is 53.1 cm³/mol. The molecular weight excluding hydrogens is 197 g/mol. The van der Waals surface area contributed by atoms with Gasteiger partial charge in [-0.1, -0.05) is 0 Å². The zero-order valence-corrected chi connectivity index (χ0v) is 8.20.